The molecule has 1 aromatic rings. The van der Waals surface area contributed by atoms with E-state index >= 15 is 0 Å². The largest absolute Gasteiger partial charge is 0.499 e. The van der Waals surface area contributed by atoms with Gasteiger partial charge in [0.1, 0.15) is 18.8 Å². The van der Waals surface area contributed by atoms with Crippen LogP contribution in [0, 0.1) is 0 Å². The molecule has 4 heteroatoms. The fourth-order valence-electron chi connectivity index (χ4n) is 1.76. The first-order chi connectivity index (χ1) is 8.35. The maximum Gasteiger partial charge on any atom is 0.185 e. The number of ether oxygens (including phenoxy) is 3. The van der Waals surface area contributed by atoms with Crippen molar-refractivity contribution in [1.82, 2.24) is 0 Å². The van der Waals surface area contributed by atoms with E-state index in [1.807, 2.05) is 30.3 Å². The Kier molecular flexibility index (Phi) is 4.14. The normalized spacial score (nSPS) is 27.9. The molecule has 0 saturated carbocycles. The van der Waals surface area contributed by atoms with Crippen molar-refractivity contribution in [2.24, 2.45) is 0 Å². The molecular formula is C13H16O4. The van der Waals surface area contributed by atoms with Crippen LogP contribution in [-0.4, -0.2) is 30.5 Å². The van der Waals surface area contributed by atoms with Crippen molar-refractivity contribution in [3.05, 3.63) is 48.7 Å². The monoisotopic (exact) mass is 236 g/mol. The summed E-state index contributed by atoms with van der Waals surface area (Å²) in [6.07, 6.45) is 0.281. The van der Waals surface area contributed by atoms with E-state index in [-0.39, 0.29) is 18.8 Å². The summed E-state index contributed by atoms with van der Waals surface area (Å²) in [5.74, 6) is 0. The summed E-state index contributed by atoms with van der Waals surface area (Å²) in [6, 6.07) is 9.62. The van der Waals surface area contributed by atoms with E-state index in [1.54, 1.807) is 0 Å². The lowest BCUT2D eigenvalue weighted by molar-refractivity contribution is -0.0774. The third-order valence-electron chi connectivity index (χ3n) is 2.64. The van der Waals surface area contributed by atoms with Crippen LogP contribution < -0.4 is 0 Å². The minimum atomic E-state index is -0.438. The molecule has 0 amide bonds. The minimum absolute atomic E-state index is 0.0888. The van der Waals surface area contributed by atoms with E-state index in [9.17, 15) is 5.11 Å². The molecule has 1 aliphatic heterocycles. The van der Waals surface area contributed by atoms with Gasteiger partial charge in [0.25, 0.3) is 0 Å². The first-order valence-corrected chi connectivity index (χ1v) is 5.54. The number of benzene rings is 1. The Hall–Kier alpha value is -1.36. The lowest BCUT2D eigenvalue weighted by atomic mass is 10.2. The van der Waals surface area contributed by atoms with Crippen molar-refractivity contribution in [3.8, 4) is 0 Å². The van der Waals surface area contributed by atoms with Crippen molar-refractivity contribution < 1.29 is 19.3 Å². The van der Waals surface area contributed by atoms with Crippen LogP contribution in [0.25, 0.3) is 0 Å². The molecule has 0 aromatic heterocycles. The second-order valence-electron chi connectivity index (χ2n) is 3.77. The van der Waals surface area contributed by atoms with E-state index in [1.165, 1.54) is 6.26 Å². The van der Waals surface area contributed by atoms with E-state index in [0.717, 1.165) is 5.56 Å². The zero-order valence-electron chi connectivity index (χ0n) is 9.49. The lowest BCUT2D eigenvalue weighted by Gasteiger charge is -2.13. The summed E-state index contributed by atoms with van der Waals surface area (Å²) < 4.78 is 16.4. The van der Waals surface area contributed by atoms with Gasteiger partial charge in [0, 0.05) is 5.56 Å². The second-order valence-corrected chi connectivity index (χ2v) is 3.77. The van der Waals surface area contributed by atoms with Crippen LogP contribution in [0.1, 0.15) is 11.9 Å². The predicted molar refractivity (Wildman–Crippen MR) is 62.2 cm³/mol. The maximum absolute atomic E-state index is 9.21. The molecule has 0 radical (unpaired) electrons. The second kappa shape index (κ2) is 5.82. The smallest absolute Gasteiger partial charge is 0.185 e. The highest BCUT2D eigenvalue weighted by molar-refractivity contribution is 5.16. The lowest BCUT2D eigenvalue weighted by Crippen LogP contribution is -2.29. The van der Waals surface area contributed by atoms with Crippen LogP contribution >= 0.6 is 0 Å². The number of aliphatic hydroxyl groups excluding tert-OH is 1. The van der Waals surface area contributed by atoms with E-state index in [2.05, 4.69) is 6.58 Å². The van der Waals surface area contributed by atoms with Gasteiger partial charge in [-0.2, -0.15) is 0 Å². The van der Waals surface area contributed by atoms with Crippen LogP contribution in [0.5, 0.6) is 0 Å². The van der Waals surface area contributed by atoms with Crippen molar-refractivity contribution in [2.45, 2.75) is 18.5 Å². The first kappa shape index (κ1) is 12.1. The molecule has 0 aliphatic carbocycles. The van der Waals surface area contributed by atoms with Crippen LogP contribution in [0.4, 0.5) is 0 Å². The Morgan fingerprint density at radius 2 is 1.94 bits per heavy atom. The number of hydrogen-bond acceptors (Lipinski definition) is 4. The molecule has 17 heavy (non-hydrogen) atoms. The van der Waals surface area contributed by atoms with Gasteiger partial charge in [0.15, 0.2) is 6.29 Å². The van der Waals surface area contributed by atoms with E-state index in [0.29, 0.717) is 6.61 Å². The molecule has 2 rings (SSSR count). The van der Waals surface area contributed by atoms with Crippen LogP contribution in [0.2, 0.25) is 0 Å². The highest BCUT2D eigenvalue weighted by Gasteiger charge is 2.36. The third-order valence-corrected chi connectivity index (χ3v) is 2.64. The first-order valence-electron chi connectivity index (χ1n) is 5.54. The number of hydrogen-bond donors (Lipinski definition) is 1. The molecule has 1 aliphatic rings. The van der Waals surface area contributed by atoms with Crippen molar-refractivity contribution in [2.75, 3.05) is 13.2 Å². The highest BCUT2D eigenvalue weighted by atomic mass is 16.7. The van der Waals surface area contributed by atoms with Gasteiger partial charge in [-0.15, -0.1) is 0 Å². The van der Waals surface area contributed by atoms with Gasteiger partial charge in [0.05, 0.1) is 12.9 Å². The Balaban J connectivity index is 2.01. The van der Waals surface area contributed by atoms with Gasteiger partial charge in [-0.25, -0.2) is 0 Å². The molecule has 1 fully saturated rings. The maximum atomic E-state index is 9.21. The molecule has 1 unspecified atom stereocenters. The Labute approximate surface area is 100 Å². The van der Waals surface area contributed by atoms with Crippen molar-refractivity contribution in [1.29, 1.82) is 0 Å². The van der Waals surface area contributed by atoms with Gasteiger partial charge in [0.2, 0.25) is 0 Å². The van der Waals surface area contributed by atoms with Crippen LogP contribution in [0.15, 0.2) is 43.2 Å². The fraction of sp³-hybridized carbons (Fsp3) is 0.385. The van der Waals surface area contributed by atoms with E-state index in [4.69, 9.17) is 14.2 Å². The molecule has 1 heterocycles. The van der Waals surface area contributed by atoms with Gasteiger partial charge >= 0.3 is 0 Å². The van der Waals surface area contributed by atoms with Crippen LogP contribution in [0.3, 0.4) is 0 Å². The molecule has 0 bridgehead atoms. The summed E-state index contributed by atoms with van der Waals surface area (Å²) in [6.45, 7) is 3.71. The average molecular weight is 236 g/mol. The summed E-state index contributed by atoms with van der Waals surface area (Å²) in [4.78, 5) is 0. The minimum Gasteiger partial charge on any atom is -0.499 e. The molecule has 92 valence electrons. The predicted octanol–water partition coefficient (Wildman–Crippen LogP) is 1.62. The standard InChI is InChI=1S/C13H16O4/c1-2-15-9-12-11(8-14)16-13(17-12)10-6-4-3-5-7-10/h2-7,11-14H,1,8-9H2/t11-,12-,13?/m0/s1. The molecular weight excluding hydrogens is 220 g/mol. The SMILES string of the molecule is C=COC[C@@H]1OC(c2ccccc2)O[C@H]1CO. The topological polar surface area (TPSA) is 47.9 Å². The summed E-state index contributed by atoms with van der Waals surface area (Å²) >= 11 is 0. The Morgan fingerprint density at radius 1 is 1.24 bits per heavy atom. The Morgan fingerprint density at radius 3 is 2.59 bits per heavy atom. The molecule has 4 nitrogen and oxygen atoms in total. The van der Waals surface area contributed by atoms with Gasteiger partial charge < -0.3 is 19.3 Å². The molecule has 0 spiro atoms. The quantitative estimate of drug-likeness (QED) is 0.789. The number of rotatable bonds is 5. The van der Waals surface area contributed by atoms with Crippen molar-refractivity contribution >= 4 is 0 Å². The average Bonchev–Trinajstić information content (AvgIpc) is 2.80. The highest BCUT2D eigenvalue weighted by Crippen LogP contribution is 2.31. The fourth-order valence-corrected chi connectivity index (χ4v) is 1.76. The summed E-state index contributed by atoms with van der Waals surface area (Å²) in [7, 11) is 0. The number of aliphatic hydroxyl groups is 1. The van der Waals surface area contributed by atoms with Gasteiger partial charge in [-0.1, -0.05) is 36.9 Å². The Bertz CT molecular complexity index is 352. The van der Waals surface area contributed by atoms with Gasteiger partial charge in [-0.05, 0) is 0 Å². The molecule has 1 N–H and O–H groups in total. The summed E-state index contributed by atoms with van der Waals surface area (Å²) in [5.41, 5.74) is 0.937. The zero-order valence-corrected chi connectivity index (χ0v) is 9.49. The summed E-state index contributed by atoms with van der Waals surface area (Å²) in [5, 5.41) is 9.21. The van der Waals surface area contributed by atoms with Gasteiger partial charge in [-0.3, -0.25) is 0 Å². The van der Waals surface area contributed by atoms with Crippen molar-refractivity contribution in [3.63, 3.8) is 0 Å². The zero-order chi connectivity index (χ0) is 12.1. The molecule has 3 atom stereocenters. The molecule has 1 aromatic carbocycles. The molecule has 1 saturated heterocycles. The third kappa shape index (κ3) is 2.85. The van der Waals surface area contributed by atoms with Crippen LogP contribution in [-0.2, 0) is 14.2 Å². The van der Waals surface area contributed by atoms with E-state index < -0.39 is 6.29 Å².